The third-order valence-corrected chi connectivity index (χ3v) is 1.87. The van der Waals surface area contributed by atoms with Gasteiger partial charge in [0.25, 0.3) is 0 Å². The van der Waals surface area contributed by atoms with E-state index in [0.717, 1.165) is 16.9 Å². The van der Waals surface area contributed by atoms with Crippen LogP contribution in [-0.4, -0.2) is 18.3 Å². The molecule has 0 aliphatic carbocycles. The predicted molar refractivity (Wildman–Crippen MR) is 54.2 cm³/mol. The average molecular weight is 181 g/mol. The SMILES string of the molecule is Cc1cc(N)ccc1N(N)CCO. The summed E-state index contributed by atoms with van der Waals surface area (Å²) in [6.45, 7) is 2.40. The van der Waals surface area contributed by atoms with E-state index in [1.807, 2.05) is 19.1 Å². The Balaban J connectivity index is 2.88. The third-order valence-electron chi connectivity index (χ3n) is 1.87. The van der Waals surface area contributed by atoms with Crippen molar-refractivity contribution in [3.63, 3.8) is 0 Å². The molecule has 13 heavy (non-hydrogen) atoms. The number of benzene rings is 1. The van der Waals surface area contributed by atoms with Crippen LogP contribution >= 0.6 is 0 Å². The van der Waals surface area contributed by atoms with Crippen molar-refractivity contribution in [1.82, 2.24) is 0 Å². The zero-order valence-electron chi connectivity index (χ0n) is 7.70. The molecule has 72 valence electrons. The monoisotopic (exact) mass is 181 g/mol. The molecule has 0 radical (unpaired) electrons. The van der Waals surface area contributed by atoms with Crippen LogP contribution in [0, 0.1) is 6.92 Å². The Labute approximate surface area is 77.7 Å². The minimum absolute atomic E-state index is 0.0420. The number of aryl methyl sites for hydroxylation is 1. The van der Waals surface area contributed by atoms with E-state index in [1.54, 1.807) is 6.07 Å². The van der Waals surface area contributed by atoms with Crippen molar-refractivity contribution >= 4 is 11.4 Å². The van der Waals surface area contributed by atoms with Crippen molar-refractivity contribution in [1.29, 1.82) is 0 Å². The molecule has 0 aliphatic rings. The summed E-state index contributed by atoms with van der Waals surface area (Å²) in [6, 6.07) is 5.49. The topological polar surface area (TPSA) is 75.5 Å². The number of aliphatic hydroxyl groups is 1. The highest BCUT2D eigenvalue weighted by Crippen LogP contribution is 2.19. The predicted octanol–water partition coefficient (Wildman–Crippen LogP) is 0.250. The van der Waals surface area contributed by atoms with Gasteiger partial charge in [-0.05, 0) is 30.7 Å². The second-order valence-electron chi connectivity index (χ2n) is 2.96. The first-order chi connectivity index (χ1) is 6.15. The van der Waals surface area contributed by atoms with Gasteiger partial charge in [0.05, 0.1) is 18.8 Å². The Kier molecular flexibility index (Phi) is 3.11. The smallest absolute Gasteiger partial charge is 0.0622 e. The number of nitrogen functional groups attached to an aromatic ring is 1. The van der Waals surface area contributed by atoms with Crippen LogP contribution in [0.5, 0.6) is 0 Å². The summed E-state index contributed by atoms with van der Waals surface area (Å²) in [4.78, 5) is 0. The van der Waals surface area contributed by atoms with E-state index in [0.29, 0.717) is 6.54 Å². The van der Waals surface area contributed by atoms with Crippen LogP contribution in [0.2, 0.25) is 0 Å². The lowest BCUT2D eigenvalue weighted by atomic mass is 10.2. The zero-order valence-corrected chi connectivity index (χ0v) is 7.70. The summed E-state index contributed by atoms with van der Waals surface area (Å²) in [5, 5.41) is 10.2. The maximum absolute atomic E-state index is 8.70. The summed E-state index contributed by atoms with van der Waals surface area (Å²) in [5.74, 6) is 5.69. The van der Waals surface area contributed by atoms with Crippen molar-refractivity contribution in [3.05, 3.63) is 23.8 Å². The first-order valence-electron chi connectivity index (χ1n) is 4.14. The molecule has 1 rings (SSSR count). The number of aliphatic hydroxyl groups excluding tert-OH is 1. The van der Waals surface area contributed by atoms with Crippen molar-refractivity contribution in [2.45, 2.75) is 6.92 Å². The molecular weight excluding hydrogens is 166 g/mol. The van der Waals surface area contributed by atoms with Crippen LogP contribution in [-0.2, 0) is 0 Å². The van der Waals surface area contributed by atoms with Crippen LogP contribution < -0.4 is 16.6 Å². The fourth-order valence-electron chi connectivity index (χ4n) is 1.23. The van der Waals surface area contributed by atoms with Crippen LogP contribution in [0.15, 0.2) is 18.2 Å². The Morgan fingerprint density at radius 1 is 1.46 bits per heavy atom. The van der Waals surface area contributed by atoms with E-state index < -0.39 is 0 Å². The molecule has 0 spiro atoms. The molecule has 0 saturated carbocycles. The maximum atomic E-state index is 8.70. The molecule has 4 nitrogen and oxygen atoms in total. The lowest BCUT2D eigenvalue weighted by molar-refractivity contribution is 0.302. The zero-order chi connectivity index (χ0) is 9.84. The van der Waals surface area contributed by atoms with E-state index in [-0.39, 0.29) is 6.61 Å². The minimum atomic E-state index is 0.0420. The van der Waals surface area contributed by atoms with Crippen molar-refractivity contribution in [2.24, 2.45) is 5.84 Å². The molecular formula is C9H15N3O. The maximum Gasteiger partial charge on any atom is 0.0622 e. The van der Waals surface area contributed by atoms with Gasteiger partial charge in [-0.15, -0.1) is 0 Å². The number of hydrogen-bond acceptors (Lipinski definition) is 4. The van der Waals surface area contributed by atoms with E-state index in [1.165, 1.54) is 5.01 Å². The molecule has 5 N–H and O–H groups in total. The molecule has 0 fully saturated rings. The number of nitrogens with zero attached hydrogens (tertiary/aromatic N) is 1. The molecule has 0 heterocycles. The van der Waals surface area contributed by atoms with E-state index >= 15 is 0 Å². The number of nitrogens with two attached hydrogens (primary N) is 2. The van der Waals surface area contributed by atoms with Gasteiger partial charge in [0.1, 0.15) is 0 Å². The molecule has 0 aromatic heterocycles. The van der Waals surface area contributed by atoms with Gasteiger partial charge in [0.2, 0.25) is 0 Å². The lowest BCUT2D eigenvalue weighted by Gasteiger charge is -2.19. The quantitative estimate of drug-likeness (QED) is 0.355. The first-order valence-corrected chi connectivity index (χ1v) is 4.14. The van der Waals surface area contributed by atoms with Gasteiger partial charge >= 0.3 is 0 Å². The van der Waals surface area contributed by atoms with Crippen LogP contribution in [0.4, 0.5) is 11.4 Å². The molecule has 0 unspecified atom stereocenters. The van der Waals surface area contributed by atoms with Crippen molar-refractivity contribution in [2.75, 3.05) is 23.9 Å². The lowest BCUT2D eigenvalue weighted by Crippen LogP contribution is -2.34. The molecule has 0 amide bonds. The number of anilines is 2. The van der Waals surface area contributed by atoms with Gasteiger partial charge < -0.3 is 15.8 Å². The largest absolute Gasteiger partial charge is 0.399 e. The van der Waals surface area contributed by atoms with Crippen LogP contribution in [0.25, 0.3) is 0 Å². The van der Waals surface area contributed by atoms with E-state index in [9.17, 15) is 0 Å². The minimum Gasteiger partial charge on any atom is -0.399 e. The van der Waals surface area contributed by atoms with Gasteiger partial charge in [-0.1, -0.05) is 0 Å². The molecule has 0 bridgehead atoms. The molecule has 1 aromatic rings. The Bertz CT molecular complexity index is 288. The fourth-order valence-corrected chi connectivity index (χ4v) is 1.23. The highest BCUT2D eigenvalue weighted by Gasteiger charge is 2.03. The fraction of sp³-hybridized carbons (Fsp3) is 0.333. The van der Waals surface area contributed by atoms with Gasteiger partial charge in [0, 0.05) is 5.69 Å². The van der Waals surface area contributed by atoms with E-state index in [4.69, 9.17) is 16.7 Å². The molecule has 0 aliphatic heterocycles. The summed E-state index contributed by atoms with van der Waals surface area (Å²) in [5.41, 5.74) is 8.22. The third kappa shape index (κ3) is 2.34. The molecule has 1 aromatic carbocycles. The molecule has 4 heteroatoms. The average Bonchev–Trinajstić information content (AvgIpc) is 2.04. The van der Waals surface area contributed by atoms with Gasteiger partial charge in [0.15, 0.2) is 0 Å². The number of hydrogen-bond donors (Lipinski definition) is 3. The van der Waals surface area contributed by atoms with Gasteiger partial charge in [-0.25, -0.2) is 5.84 Å². The van der Waals surface area contributed by atoms with Gasteiger partial charge in [-0.3, -0.25) is 0 Å². The highest BCUT2D eigenvalue weighted by molar-refractivity contribution is 5.58. The van der Waals surface area contributed by atoms with E-state index in [2.05, 4.69) is 0 Å². The summed E-state index contributed by atoms with van der Waals surface area (Å²) >= 11 is 0. The number of rotatable bonds is 3. The normalized spacial score (nSPS) is 10.1. The number of hydrazine groups is 1. The summed E-state index contributed by atoms with van der Waals surface area (Å²) in [7, 11) is 0. The highest BCUT2D eigenvalue weighted by atomic mass is 16.3. The first kappa shape index (κ1) is 9.83. The Morgan fingerprint density at radius 2 is 2.15 bits per heavy atom. The van der Waals surface area contributed by atoms with Crippen LogP contribution in [0.1, 0.15) is 5.56 Å². The summed E-state index contributed by atoms with van der Waals surface area (Å²) < 4.78 is 0. The second-order valence-corrected chi connectivity index (χ2v) is 2.96. The standard InChI is InChI=1S/C9H15N3O/c1-7-6-8(10)2-3-9(7)12(11)4-5-13/h2-3,6,13H,4-5,10-11H2,1H3. The molecule has 0 atom stereocenters. The van der Waals surface area contributed by atoms with Crippen molar-refractivity contribution in [3.8, 4) is 0 Å². The van der Waals surface area contributed by atoms with Crippen molar-refractivity contribution < 1.29 is 5.11 Å². The summed E-state index contributed by atoms with van der Waals surface area (Å²) in [6.07, 6.45) is 0. The van der Waals surface area contributed by atoms with Gasteiger partial charge in [-0.2, -0.15) is 0 Å². The van der Waals surface area contributed by atoms with Crippen LogP contribution in [0.3, 0.4) is 0 Å². The second kappa shape index (κ2) is 4.11. The molecule has 0 saturated heterocycles. The Hall–Kier alpha value is -1.26. The Morgan fingerprint density at radius 3 is 2.69 bits per heavy atom.